The van der Waals surface area contributed by atoms with Crippen molar-refractivity contribution in [3.8, 4) is 0 Å². The Hall–Kier alpha value is -3.41. The van der Waals surface area contributed by atoms with Crippen molar-refractivity contribution in [1.29, 1.82) is 0 Å². The third-order valence-corrected chi connectivity index (χ3v) is 3.53. The van der Waals surface area contributed by atoms with Crippen LogP contribution in [0.15, 0.2) is 60.8 Å². The number of benzene rings is 2. The van der Waals surface area contributed by atoms with Crippen LogP contribution < -0.4 is 5.32 Å². The molecule has 2 aromatic carbocycles. The van der Waals surface area contributed by atoms with E-state index < -0.39 is 0 Å². The van der Waals surface area contributed by atoms with Crippen LogP contribution in [-0.4, -0.2) is 0 Å². The number of anilines is 1. The number of allylic oxidation sites excluding steroid dienone is 1. The van der Waals surface area contributed by atoms with Gasteiger partial charge in [0, 0.05) is 11.4 Å². The summed E-state index contributed by atoms with van der Waals surface area (Å²) in [5.74, 6) is 0. The first kappa shape index (κ1) is 16.6. The fourth-order valence-corrected chi connectivity index (χ4v) is 2.20. The van der Waals surface area contributed by atoms with E-state index in [1.165, 1.54) is 16.7 Å². The molecule has 1 nitrogen and oxygen atoms in total. The Balaban J connectivity index is 0.00000242. The van der Waals surface area contributed by atoms with Crippen LogP contribution in [0.25, 0.3) is 6.08 Å². The molecule has 0 aromatic heterocycles. The van der Waals surface area contributed by atoms with Gasteiger partial charge in [0.15, 0.2) is 0 Å². The number of rotatable bonds is 5. The molecule has 120 valence electrons. The molecular weight excluding hydrogens is 511 g/mol. The first-order valence-corrected chi connectivity index (χ1v) is 7.24. The maximum Gasteiger partial charge on any atom is 0.0413 e. The van der Waals surface area contributed by atoms with Crippen LogP contribution >= 0.6 is 0 Å². The summed E-state index contributed by atoms with van der Waals surface area (Å²) in [7, 11) is 0. The summed E-state index contributed by atoms with van der Waals surface area (Å²) in [6, 6.07) is 14.5. The van der Waals surface area contributed by atoms with Crippen LogP contribution in [0.2, 0.25) is 0 Å². The van der Waals surface area contributed by atoms with Gasteiger partial charge in [-0.2, -0.15) is 18.6 Å². The predicted octanol–water partition coefficient (Wildman–Crippen LogP) is 5.38. The van der Waals surface area contributed by atoms with E-state index in [2.05, 4.69) is 69.1 Å². The molecule has 2 aromatic rings. The largest absolute Gasteiger partial charge is 0.356 e. The quantitative estimate of drug-likeness (QED) is 0.402. The normalized spacial score (nSPS) is 10.3. The predicted molar refractivity (Wildman–Crippen MR) is 93.3 cm³/mol. The van der Waals surface area contributed by atoms with Gasteiger partial charge in [0.2, 0.25) is 0 Å². The maximum absolute atomic E-state index is 4.06. The molecule has 0 radical (unpaired) electrons. The Bertz CT molecular complexity index is 671. The Labute approximate surface area is 128 Å². The fraction of sp³-hybridized carbons (Fsp3) is 0.150. The molecule has 0 heterocycles. The zero-order valence-corrected chi connectivity index (χ0v) is 15.5. The zero-order valence-electron chi connectivity index (χ0n) is 13.1. The Morgan fingerprint density at radius 3 is 2.64 bits per heavy atom. The second-order valence-corrected chi connectivity index (χ2v) is 5.18. The smallest absolute Gasteiger partial charge is 0.0413 e. The van der Waals surface area contributed by atoms with Gasteiger partial charge in [0.25, 0.3) is 0 Å². The molecular formula is C20H22FmN-. The van der Waals surface area contributed by atoms with Crippen LogP contribution in [0.5, 0.6) is 0 Å². The van der Waals surface area contributed by atoms with E-state index in [9.17, 15) is 0 Å². The number of hydrogen-bond donors (Lipinski definition) is 1. The molecule has 0 saturated heterocycles. The molecule has 0 saturated carbocycles. The summed E-state index contributed by atoms with van der Waals surface area (Å²) in [4.78, 5) is 0. The zero-order chi connectivity index (χ0) is 15.2. The van der Waals surface area contributed by atoms with Gasteiger partial charge in [-0.1, -0.05) is 44.2 Å². The number of para-hydroxylation sites is 1. The monoisotopic (exact) mass is 533 g/mol. The molecule has 22 heavy (non-hydrogen) atoms. The minimum absolute atomic E-state index is 0. The molecule has 0 fully saturated rings. The van der Waals surface area contributed by atoms with Gasteiger partial charge in [-0.05, 0) is 30.2 Å². The van der Waals surface area contributed by atoms with Crippen LogP contribution in [0.1, 0.15) is 29.2 Å². The minimum Gasteiger partial charge on any atom is -0.356 e. The molecule has 0 amide bonds. The van der Waals surface area contributed by atoms with Gasteiger partial charge in [-0.25, -0.2) is 0 Å². The van der Waals surface area contributed by atoms with E-state index in [0.29, 0.717) is 0 Å². The van der Waals surface area contributed by atoms with E-state index in [-0.39, 0.29) is 0 Å². The molecule has 0 unspecified atom stereocenters. The molecule has 0 spiro atoms. The summed E-state index contributed by atoms with van der Waals surface area (Å²) >= 11 is 0. The maximum atomic E-state index is 4.06. The van der Waals surface area contributed by atoms with Crippen molar-refractivity contribution in [2.45, 2.75) is 20.3 Å². The minimum atomic E-state index is 0. The molecule has 0 bridgehead atoms. The van der Waals surface area contributed by atoms with Gasteiger partial charge in [0.05, 0.1) is 0 Å². The molecule has 0 atom stereocenters. The van der Waals surface area contributed by atoms with Gasteiger partial charge >= 0.3 is 0 Å². The van der Waals surface area contributed by atoms with Crippen molar-refractivity contribution >= 4 is 11.8 Å². The van der Waals surface area contributed by atoms with Gasteiger partial charge in [-0.3, -0.25) is 0 Å². The number of nitrogens with one attached hydrogen (secondary N) is 1. The van der Waals surface area contributed by atoms with Crippen LogP contribution in [-0.2, 0) is 6.42 Å². The van der Waals surface area contributed by atoms with Crippen LogP contribution in [0.3, 0.4) is 0 Å². The summed E-state index contributed by atoms with van der Waals surface area (Å²) in [5, 5.41) is 3.33. The first-order valence-electron chi connectivity index (χ1n) is 7.24. The first-order chi connectivity index (χ1) is 10.1. The van der Waals surface area contributed by atoms with Crippen LogP contribution in [0, 0.1) is 13.8 Å². The Morgan fingerprint density at radius 1 is 1.23 bits per heavy atom. The molecule has 0 aliphatic heterocycles. The number of hydrogen-bond acceptors (Lipinski definition) is 1. The van der Waals surface area contributed by atoms with E-state index in [1.54, 1.807) is 0 Å². The molecule has 1 N–H and O–H groups in total. The molecule has 0 aliphatic rings. The van der Waals surface area contributed by atoms with Gasteiger partial charge in [-0.15, -0.1) is 17.7 Å². The van der Waals surface area contributed by atoms with E-state index in [0.717, 1.165) is 23.4 Å². The van der Waals surface area contributed by atoms with Crippen molar-refractivity contribution < 1.29 is 0 Å². The summed E-state index contributed by atoms with van der Waals surface area (Å²) in [5.41, 5.74) is 6.74. The van der Waals surface area contributed by atoms with Crippen molar-refractivity contribution in [1.82, 2.24) is 0 Å². The van der Waals surface area contributed by atoms with Crippen molar-refractivity contribution in [3.05, 3.63) is 90.0 Å². The average molecular weight is 533 g/mol. The number of aryl methyl sites for hydroxylation is 2. The Morgan fingerprint density at radius 2 is 1.95 bits per heavy atom. The van der Waals surface area contributed by atoms with E-state index >= 15 is 0 Å². The molecule has 0 aliphatic carbocycles. The summed E-state index contributed by atoms with van der Waals surface area (Å²) in [6.45, 7) is 12.3. The van der Waals surface area contributed by atoms with Gasteiger partial charge in [0.1, 0.15) is 0 Å². The standard InChI is InChI=1S/C20H22N.Fm/c1-5-19-14-18(12-10-15(19)2)13-11-17(4)21-20-9-7-6-8-16(20)3;/h6-14,21H,2,4-5H2,1,3H3;/q-1;/b13-11+;. The summed E-state index contributed by atoms with van der Waals surface area (Å²) < 4.78 is 0. The third kappa shape index (κ3) is 4.04. The average Bonchev–Trinajstić information content (AvgIpc) is 2.49. The van der Waals surface area contributed by atoms with Crippen molar-refractivity contribution in [3.63, 3.8) is 0 Å². The van der Waals surface area contributed by atoms with E-state index in [1.807, 2.05) is 18.2 Å². The second kappa shape index (κ2) is 7.39. The molecule has 2 rings (SSSR count). The van der Waals surface area contributed by atoms with Crippen molar-refractivity contribution in [2.75, 3.05) is 5.32 Å². The topological polar surface area (TPSA) is 12.0 Å². The third-order valence-electron chi connectivity index (χ3n) is 3.53. The fourth-order valence-electron chi connectivity index (χ4n) is 2.20. The summed E-state index contributed by atoms with van der Waals surface area (Å²) in [6.07, 6.45) is 5.08. The SMILES string of the molecule is C=C(/C=C/c1ccc([CH2-])c(CC)c1)Nc1ccccc1C.[Fm]. The Kier molecular flexibility index (Phi) is 5.59. The second-order valence-electron chi connectivity index (χ2n) is 5.18. The van der Waals surface area contributed by atoms with E-state index in [4.69, 9.17) is 0 Å². The van der Waals surface area contributed by atoms with Gasteiger partial charge < -0.3 is 5.32 Å². The van der Waals surface area contributed by atoms with Crippen LogP contribution in [0.4, 0.5) is 5.69 Å². The molecule has 2 heteroatoms. The van der Waals surface area contributed by atoms with Crippen molar-refractivity contribution in [2.24, 2.45) is 0 Å².